The lowest BCUT2D eigenvalue weighted by Gasteiger charge is -2.16. The van der Waals surface area contributed by atoms with Crippen molar-refractivity contribution in [1.82, 2.24) is 19.5 Å². The highest BCUT2D eigenvalue weighted by atomic mass is 16.4. The molecule has 9 heteroatoms. The average Bonchev–Trinajstić information content (AvgIpc) is 3.17. The monoisotopic (exact) mass is 334 g/mol. The maximum Gasteiger partial charge on any atom is 0.356 e. The van der Waals surface area contributed by atoms with Gasteiger partial charge in [0.2, 0.25) is 5.88 Å². The lowest BCUT2D eigenvalue weighted by atomic mass is 10.2. The lowest BCUT2D eigenvalue weighted by molar-refractivity contribution is 0.0690. The number of rotatable bonds is 5. The highest BCUT2D eigenvalue weighted by molar-refractivity contribution is 5.96. The van der Waals surface area contributed by atoms with Gasteiger partial charge in [-0.05, 0) is 18.8 Å². The summed E-state index contributed by atoms with van der Waals surface area (Å²) in [5.41, 5.74) is -1.46. The summed E-state index contributed by atoms with van der Waals surface area (Å²) in [6, 6.07) is 1.21. The predicted molar refractivity (Wildman–Crippen MR) is 83.4 cm³/mol. The first-order valence-corrected chi connectivity index (χ1v) is 7.69. The Morgan fingerprint density at radius 2 is 2.08 bits per heavy atom. The van der Waals surface area contributed by atoms with Gasteiger partial charge in [-0.3, -0.25) is 14.2 Å². The van der Waals surface area contributed by atoms with Crippen LogP contribution < -0.4 is 10.9 Å². The van der Waals surface area contributed by atoms with Gasteiger partial charge in [0, 0.05) is 18.7 Å². The van der Waals surface area contributed by atoms with Gasteiger partial charge in [0.1, 0.15) is 5.65 Å². The zero-order chi connectivity index (χ0) is 17.6. The van der Waals surface area contributed by atoms with E-state index in [-0.39, 0.29) is 23.3 Å². The molecule has 1 amide bonds. The number of carbonyl (C=O) groups is 2. The first kappa shape index (κ1) is 16.0. The van der Waals surface area contributed by atoms with Crippen LogP contribution in [0.1, 0.15) is 47.5 Å². The molecule has 0 atom stereocenters. The largest absolute Gasteiger partial charge is 0.494 e. The van der Waals surface area contributed by atoms with Crippen LogP contribution in [0.25, 0.3) is 5.65 Å². The van der Waals surface area contributed by atoms with E-state index in [1.807, 2.05) is 13.8 Å². The highest BCUT2D eigenvalue weighted by Crippen LogP contribution is 2.23. The van der Waals surface area contributed by atoms with E-state index < -0.39 is 28.9 Å². The van der Waals surface area contributed by atoms with Crippen LogP contribution in [0.2, 0.25) is 0 Å². The number of fused-ring (bicyclic) bond motifs is 1. The molecule has 2 aromatic heterocycles. The standard InChI is InChI=1S/C15H18N4O5/c1-7(2)6-18-10-5-9(15(23)24)17-19(10)14(22)11(13(18)21)12(20)16-8-3-4-8/h5,7-8,21H,3-4,6H2,1-2H3,(H,16,20)(H,23,24). The topological polar surface area (TPSA) is 126 Å². The van der Waals surface area contributed by atoms with Gasteiger partial charge in [0.05, 0.1) is 0 Å². The van der Waals surface area contributed by atoms with Gasteiger partial charge in [-0.2, -0.15) is 9.61 Å². The number of aromatic nitrogens is 3. The van der Waals surface area contributed by atoms with Gasteiger partial charge in [0.15, 0.2) is 11.3 Å². The number of aromatic hydroxyl groups is 1. The van der Waals surface area contributed by atoms with Crippen molar-refractivity contribution in [2.75, 3.05) is 0 Å². The second kappa shape index (κ2) is 5.66. The number of hydrogen-bond donors (Lipinski definition) is 3. The molecule has 2 heterocycles. The van der Waals surface area contributed by atoms with E-state index in [1.54, 1.807) is 0 Å². The van der Waals surface area contributed by atoms with Crippen molar-refractivity contribution < 1.29 is 19.8 Å². The number of nitrogens with one attached hydrogen (secondary N) is 1. The number of carboxylic acid groups (broad SMARTS) is 1. The second-order valence-electron chi connectivity index (χ2n) is 6.36. The zero-order valence-corrected chi connectivity index (χ0v) is 13.3. The molecule has 0 unspecified atom stereocenters. The van der Waals surface area contributed by atoms with Crippen LogP contribution in [0.3, 0.4) is 0 Å². The first-order valence-electron chi connectivity index (χ1n) is 7.69. The Balaban J connectivity index is 2.25. The Hall–Kier alpha value is -2.84. The van der Waals surface area contributed by atoms with Crippen LogP contribution in [0.4, 0.5) is 0 Å². The summed E-state index contributed by atoms with van der Waals surface area (Å²) in [6.07, 6.45) is 1.67. The van der Waals surface area contributed by atoms with E-state index in [9.17, 15) is 19.5 Å². The van der Waals surface area contributed by atoms with Crippen molar-refractivity contribution in [2.24, 2.45) is 5.92 Å². The number of carbonyl (C=O) groups excluding carboxylic acids is 1. The fourth-order valence-corrected chi connectivity index (χ4v) is 2.49. The summed E-state index contributed by atoms with van der Waals surface area (Å²) in [7, 11) is 0. The van der Waals surface area contributed by atoms with Gasteiger partial charge in [0.25, 0.3) is 11.5 Å². The van der Waals surface area contributed by atoms with Crippen molar-refractivity contribution in [3.05, 3.63) is 27.7 Å². The smallest absolute Gasteiger partial charge is 0.356 e. The van der Waals surface area contributed by atoms with Crippen LogP contribution in [0.5, 0.6) is 5.88 Å². The molecule has 9 nitrogen and oxygen atoms in total. The molecule has 3 rings (SSSR count). The number of amides is 1. The zero-order valence-electron chi connectivity index (χ0n) is 13.3. The Morgan fingerprint density at radius 3 is 2.62 bits per heavy atom. The van der Waals surface area contributed by atoms with Gasteiger partial charge < -0.3 is 15.5 Å². The SMILES string of the molecule is CC(C)Cn1c(O)c(C(=O)NC2CC2)c(=O)n2nc(C(=O)O)cc12. The molecule has 1 aliphatic carbocycles. The van der Waals surface area contributed by atoms with E-state index in [1.165, 1.54) is 10.6 Å². The third-order valence-electron chi connectivity index (χ3n) is 3.76. The molecular formula is C15H18N4O5. The molecule has 0 aromatic carbocycles. The Bertz CT molecular complexity index is 891. The normalized spacial score (nSPS) is 14.3. The van der Waals surface area contributed by atoms with Crippen molar-refractivity contribution >= 4 is 17.5 Å². The quantitative estimate of drug-likeness (QED) is 0.729. The lowest BCUT2D eigenvalue weighted by Crippen LogP contribution is -2.34. The first-order chi connectivity index (χ1) is 11.3. The number of nitrogens with zero attached hydrogens (tertiary/aromatic N) is 3. The van der Waals surface area contributed by atoms with Gasteiger partial charge in [-0.25, -0.2) is 4.79 Å². The fraction of sp³-hybridized carbons (Fsp3) is 0.467. The molecule has 1 aliphatic rings. The number of carboxylic acids is 1. The minimum absolute atomic E-state index is 0.0118. The van der Waals surface area contributed by atoms with Crippen molar-refractivity contribution in [2.45, 2.75) is 39.3 Å². The summed E-state index contributed by atoms with van der Waals surface area (Å²) >= 11 is 0. The summed E-state index contributed by atoms with van der Waals surface area (Å²) in [6.45, 7) is 4.09. The summed E-state index contributed by atoms with van der Waals surface area (Å²) in [4.78, 5) is 36.0. The Kier molecular flexibility index (Phi) is 3.78. The third kappa shape index (κ3) is 2.72. The molecule has 1 saturated carbocycles. The van der Waals surface area contributed by atoms with Crippen LogP contribution >= 0.6 is 0 Å². The maximum absolute atomic E-state index is 12.5. The predicted octanol–water partition coefficient (Wildman–Crippen LogP) is 0.448. The minimum Gasteiger partial charge on any atom is -0.494 e. The highest BCUT2D eigenvalue weighted by Gasteiger charge is 2.29. The van der Waals surface area contributed by atoms with E-state index in [2.05, 4.69) is 10.4 Å². The molecule has 1 fully saturated rings. The van der Waals surface area contributed by atoms with Gasteiger partial charge >= 0.3 is 5.97 Å². The molecule has 2 aromatic rings. The number of hydrogen-bond acceptors (Lipinski definition) is 5. The second-order valence-corrected chi connectivity index (χ2v) is 6.36. The van der Waals surface area contributed by atoms with Crippen LogP contribution in [-0.2, 0) is 6.54 Å². The molecule has 0 bridgehead atoms. The molecule has 0 radical (unpaired) electrons. The van der Waals surface area contributed by atoms with Crippen LogP contribution in [0, 0.1) is 5.92 Å². The van der Waals surface area contributed by atoms with Crippen molar-refractivity contribution in [1.29, 1.82) is 0 Å². The average molecular weight is 334 g/mol. The van der Waals surface area contributed by atoms with Crippen molar-refractivity contribution in [3.63, 3.8) is 0 Å². The summed E-state index contributed by atoms with van der Waals surface area (Å²) in [5, 5.41) is 26.0. The molecule has 0 saturated heterocycles. The molecule has 128 valence electrons. The molecule has 0 aliphatic heterocycles. The van der Waals surface area contributed by atoms with E-state index in [0.29, 0.717) is 6.54 Å². The molecule has 24 heavy (non-hydrogen) atoms. The van der Waals surface area contributed by atoms with E-state index in [0.717, 1.165) is 17.4 Å². The van der Waals surface area contributed by atoms with E-state index >= 15 is 0 Å². The fourth-order valence-electron chi connectivity index (χ4n) is 2.49. The van der Waals surface area contributed by atoms with Crippen molar-refractivity contribution in [3.8, 4) is 5.88 Å². The van der Waals surface area contributed by atoms with Gasteiger partial charge in [-0.15, -0.1) is 0 Å². The Morgan fingerprint density at radius 1 is 1.42 bits per heavy atom. The molecule has 3 N–H and O–H groups in total. The van der Waals surface area contributed by atoms with Crippen LogP contribution in [-0.4, -0.2) is 42.3 Å². The number of aromatic carboxylic acids is 1. The molecular weight excluding hydrogens is 316 g/mol. The Labute approximate surface area is 136 Å². The molecule has 0 spiro atoms. The minimum atomic E-state index is -1.29. The third-order valence-corrected chi connectivity index (χ3v) is 3.76. The van der Waals surface area contributed by atoms with Gasteiger partial charge in [-0.1, -0.05) is 13.8 Å². The van der Waals surface area contributed by atoms with E-state index in [4.69, 9.17) is 5.11 Å². The summed E-state index contributed by atoms with van der Waals surface area (Å²) in [5.74, 6) is -2.36. The van der Waals surface area contributed by atoms with Crippen LogP contribution in [0.15, 0.2) is 10.9 Å². The summed E-state index contributed by atoms with van der Waals surface area (Å²) < 4.78 is 2.20. The maximum atomic E-state index is 12.5.